The zero-order valence-corrected chi connectivity index (χ0v) is 44.3. The summed E-state index contributed by atoms with van der Waals surface area (Å²) < 4.78 is 478. The van der Waals surface area contributed by atoms with Crippen LogP contribution in [0.15, 0.2) is 58.8 Å². The molecular weight excluding hydrogens is 1320 g/mol. The molecule has 4 nitrogen and oxygen atoms in total. The molecule has 0 amide bonds. The Balaban J connectivity index is 1.46. The molecule has 0 radical (unpaired) electrons. The molecule has 0 N–H and O–H groups in total. The third-order valence-electron chi connectivity index (χ3n) is 15.7. The zero-order valence-electron chi connectivity index (χ0n) is 44.3. The minimum Gasteiger partial charge on any atom is -0.285 e. The molecular formula is C56H22B2F30N4-2. The minimum absolute atomic E-state index is 0.356. The van der Waals surface area contributed by atoms with Crippen LogP contribution < -0.4 is 32.8 Å². The van der Waals surface area contributed by atoms with Gasteiger partial charge in [0.2, 0.25) is 0 Å². The predicted octanol–water partition coefficient (Wildman–Crippen LogP) is 12.6. The molecule has 0 spiro atoms. The van der Waals surface area contributed by atoms with Crippen molar-refractivity contribution in [1.82, 2.24) is 9.97 Å². The normalized spacial score (nSPS) is 15.1. The van der Waals surface area contributed by atoms with Gasteiger partial charge in [-0.2, -0.15) is 0 Å². The van der Waals surface area contributed by atoms with Gasteiger partial charge in [-0.3, -0.25) is 20.0 Å². The summed E-state index contributed by atoms with van der Waals surface area (Å²) in [7, 11) is 0. The highest BCUT2D eigenvalue weighted by atomic mass is 19.2. The van der Waals surface area contributed by atoms with E-state index in [1.165, 1.54) is 0 Å². The molecule has 1 saturated carbocycles. The number of benzene rings is 6. The third kappa shape index (κ3) is 10.3. The summed E-state index contributed by atoms with van der Waals surface area (Å²) in [6, 6.07) is 0.133. The summed E-state index contributed by atoms with van der Waals surface area (Å²) >= 11 is 0. The fraction of sp³-hybridized carbons (Fsp3) is 0.143. The van der Waals surface area contributed by atoms with Crippen molar-refractivity contribution in [1.29, 1.82) is 0 Å². The highest BCUT2D eigenvalue weighted by molar-refractivity contribution is 7.14. The van der Waals surface area contributed by atoms with Gasteiger partial charge in [0, 0.05) is 23.8 Å². The zero-order chi connectivity index (χ0) is 68.0. The van der Waals surface area contributed by atoms with Crippen molar-refractivity contribution in [2.24, 2.45) is 9.98 Å². The van der Waals surface area contributed by atoms with Gasteiger partial charge in [-0.25, -0.2) is 132 Å². The number of aromatic nitrogens is 2. The van der Waals surface area contributed by atoms with E-state index in [0.29, 0.717) is 24.5 Å². The number of hydrogen-bond acceptors (Lipinski definition) is 4. The Hall–Kier alpha value is -9.01. The van der Waals surface area contributed by atoms with Crippen LogP contribution in [0.4, 0.5) is 132 Å². The summed E-state index contributed by atoms with van der Waals surface area (Å²) in [5, 5.41) is 0. The Bertz CT molecular complexity index is 3670. The summed E-state index contributed by atoms with van der Waals surface area (Å²) in [4.78, 5) is 15.8. The smallest absolute Gasteiger partial charge is 0.200 e. The molecule has 0 bridgehead atoms. The Morgan fingerprint density at radius 3 is 0.609 bits per heavy atom. The van der Waals surface area contributed by atoms with Gasteiger partial charge in [-0.05, 0) is 37.1 Å². The molecule has 9 rings (SSSR count). The molecule has 0 aliphatic heterocycles. The van der Waals surface area contributed by atoms with Crippen LogP contribution in [0.1, 0.15) is 37.1 Å². The molecule has 0 saturated heterocycles. The van der Waals surface area contributed by atoms with E-state index < -0.39 is 280 Å². The van der Waals surface area contributed by atoms with Crippen molar-refractivity contribution in [3.05, 3.63) is 235 Å². The van der Waals surface area contributed by atoms with E-state index in [9.17, 15) is 26.3 Å². The van der Waals surface area contributed by atoms with Gasteiger partial charge in [0.15, 0.2) is 105 Å². The van der Waals surface area contributed by atoms with E-state index in [1.807, 2.05) is 0 Å². The Kier molecular flexibility index (Phi) is 18.2. The lowest BCUT2D eigenvalue weighted by Crippen LogP contribution is -2.74. The Morgan fingerprint density at radius 2 is 0.446 bits per heavy atom. The Morgan fingerprint density at radius 1 is 0.272 bits per heavy atom. The van der Waals surface area contributed by atoms with Gasteiger partial charge in [-0.1, -0.05) is 25.0 Å². The van der Waals surface area contributed by atoms with Crippen molar-refractivity contribution in [3.63, 3.8) is 0 Å². The molecule has 1 aliphatic rings. The van der Waals surface area contributed by atoms with E-state index in [1.54, 1.807) is 0 Å². The van der Waals surface area contributed by atoms with Gasteiger partial charge >= 0.3 is 0 Å². The standard InChI is InChI=1S/C56H22B2F30N4/c59-27-21(28(60)40(72)51(83)39(27)71)57(22-29(61)41(73)52(84)42(74)30(22)62,23-31(63)43(75)53(85)44(76)32(23)64)13-19(15-7-3-5-11-89-15)91-17-9-1-2-10-18(17)92-20(16-8-4-6-12-90-16)14-58(24-33(65)45(77)54(86)46(78)34(24)66,25-35(67)47(79)55(87)48(80)36(25)68)26-37(69)49(81)56(88)50(82)38(26)70/h3-8,11-12,17-18H,1-2,9-10,13-14H2/q-2/t17-,18-/m1/s1. The number of rotatable bonds is 14. The summed E-state index contributed by atoms with van der Waals surface area (Å²) in [5.74, 6) is -102. The highest BCUT2D eigenvalue weighted by Gasteiger charge is 2.52. The summed E-state index contributed by atoms with van der Waals surface area (Å²) in [5.41, 5.74) is -24.3. The molecule has 484 valence electrons. The number of halogens is 30. The third-order valence-corrected chi connectivity index (χ3v) is 15.7. The van der Waals surface area contributed by atoms with Crippen molar-refractivity contribution < 1.29 is 132 Å². The number of nitrogens with zero attached hydrogens (tertiary/aromatic N) is 4. The van der Waals surface area contributed by atoms with Crippen LogP contribution >= 0.6 is 0 Å². The van der Waals surface area contributed by atoms with Crippen LogP contribution in [0.2, 0.25) is 12.6 Å². The number of pyridine rings is 2. The van der Waals surface area contributed by atoms with Crippen LogP contribution in [-0.4, -0.2) is 45.8 Å². The second kappa shape index (κ2) is 24.9. The molecule has 92 heavy (non-hydrogen) atoms. The number of hydrogen-bond donors (Lipinski definition) is 0. The average molecular weight is 1340 g/mol. The molecule has 2 heterocycles. The molecule has 2 aromatic heterocycles. The second-order valence-corrected chi connectivity index (χ2v) is 20.4. The van der Waals surface area contributed by atoms with Gasteiger partial charge in [0.05, 0.1) is 23.5 Å². The van der Waals surface area contributed by atoms with Crippen molar-refractivity contribution in [3.8, 4) is 0 Å². The molecule has 36 heteroatoms. The summed E-state index contributed by atoms with van der Waals surface area (Å²) in [6.45, 7) is 0. The van der Waals surface area contributed by atoms with E-state index >= 15 is 105 Å². The van der Waals surface area contributed by atoms with E-state index in [-0.39, 0.29) is 12.8 Å². The fourth-order valence-electron chi connectivity index (χ4n) is 11.7. The van der Waals surface area contributed by atoms with E-state index in [2.05, 4.69) is 20.0 Å². The van der Waals surface area contributed by atoms with Crippen LogP contribution in [0.5, 0.6) is 0 Å². The minimum atomic E-state index is -6.54. The first kappa shape index (κ1) is 67.4. The average Bonchev–Trinajstić information content (AvgIpc) is 0.705. The lowest BCUT2D eigenvalue weighted by atomic mass is 9.13. The highest BCUT2D eigenvalue weighted by Crippen LogP contribution is 2.36. The van der Waals surface area contributed by atoms with Gasteiger partial charge in [0.1, 0.15) is 82.1 Å². The van der Waals surface area contributed by atoms with Crippen molar-refractivity contribution >= 4 is 56.5 Å². The Labute approximate surface area is 492 Å². The quantitative estimate of drug-likeness (QED) is 0.0358. The molecule has 8 aromatic rings. The van der Waals surface area contributed by atoms with E-state index in [0.717, 1.165) is 24.3 Å². The lowest BCUT2D eigenvalue weighted by molar-refractivity contribution is 0.379. The van der Waals surface area contributed by atoms with Crippen LogP contribution in [0.25, 0.3) is 0 Å². The van der Waals surface area contributed by atoms with Crippen molar-refractivity contribution in [2.75, 3.05) is 0 Å². The molecule has 1 fully saturated rings. The van der Waals surface area contributed by atoms with Crippen LogP contribution in [0, 0.1) is 175 Å². The predicted molar refractivity (Wildman–Crippen MR) is 264 cm³/mol. The maximum absolute atomic E-state index is 16.8. The monoisotopic (exact) mass is 1340 g/mol. The molecule has 2 atom stereocenters. The molecule has 6 aromatic carbocycles. The van der Waals surface area contributed by atoms with Crippen LogP contribution in [0.3, 0.4) is 0 Å². The van der Waals surface area contributed by atoms with Gasteiger partial charge < -0.3 is 0 Å². The molecule has 0 unspecified atom stereocenters. The van der Waals surface area contributed by atoms with Crippen LogP contribution in [-0.2, 0) is 0 Å². The topological polar surface area (TPSA) is 50.5 Å². The first-order chi connectivity index (χ1) is 43.2. The van der Waals surface area contributed by atoms with E-state index in [4.69, 9.17) is 0 Å². The van der Waals surface area contributed by atoms with Gasteiger partial charge in [-0.15, -0.1) is 45.4 Å². The second-order valence-electron chi connectivity index (χ2n) is 20.4. The largest absolute Gasteiger partial charge is 0.285 e. The lowest BCUT2D eigenvalue weighted by Gasteiger charge is -2.44. The number of aliphatic imine (C=N–C) groups is 2. The van der Waals surface area contributed by atoms with Gasteiger partial charge in [0.25, 0.3) is 0 Å². The van der Waals surface area contributed by atoms with Crippen molar-refractivity contribution in [2.45, 2.75) is 50.4 Å². The first-order valence-corrected chi connectivity index (χ1v) is 25.6. The summed E-state index contributed by atoms with van der Waals surface area (Å²) in [6.07, 6.45) is -19.5. The maximum Gasteiger partial charge on any atom is 0.200 e. The SMILES string of the molecule is Fc1c(F)c(F)c([B-](CC(=N[C@@H]2CCCC[C@H]2N=C(C[B-](c2c(F)c(F)c(F)c(F)c2F)(c2c(F)c(F)c(F)c(F)c2F)c2c(F)c(F)c(F)c(F)c2F)c2ccccn2)c2ccccn2)(c2c(F)c(F)c(F)c(F)c2F)c2c(F)c(F)c(F)c(F)c2F)c(F)c1F. The molecule has 1 aliphatic carbocycles. The maximum atomic E-state index is 16.8. The fourth-order valence-corrected chi connectivity index (χ4v) is 11.7. The first-order valence-electron chi connectivity index (χ1n) is 25.6.